The molecule has 1 spiro atoms. The molecule has 4 rings (SSSR count). The van der Waals surface area contributed by atoms with Crippen molar-refractivity contribution >= 4 is 11.7 Å². The minimum absolute atomic E-state index is 0.155. The number of hydrogen-bond donors (Lipinski definition) is 2. The minimum Gasteiger partial charge on any atom is -0.317 e. The zero-order chi connectivity index (χ0) is 16.7. The first-order valence-corrected chi connectivity index (χ1v) is 8.71. The largest absolute Gasteiger partial charge is 0.317 e. The van der Waals surface area contributed by atoms with E-state index in [0.717, 1.165) is 55.0 Å². The summed E-state index contributed by atoms with van der Waals surface area (Å²) in [5.74, 6) is 1.13. The highest BCUT2D eigenvalue weighted by Gasteiger charge is 2.57. The summed E-state index contributed by atoms with van der Waals surface area (Å²) < 4.78 is 1.78. The van der Waals surface area contributed by atoms with E-state index in [4.69, 9.17) is 0 Å². The Balaban J connectivity index is 1.53. The van der Waals surface area contributed by atoms with E-state index in [2.05, 4.69) is 15.7 Å². The smallest absolute Gasteiger partial charge is 0.229 e. The average Bonchev–Trinajstić information content (AvgIpc) is 3.23. The van der Waals surface area contributed by atoms with Crippen LogP contribution in [0.25, 0.3) is 11.3 Å². The van der Waals surface area contributed by atoms with Crippen LogP contribution >= 0.6 is 0 Å². The average molecular weight is 324 g/mol. The summed E-state index contributed by atoms with van der Waals surface area (Å²) >= 11 is 0. The van der Waals surface area contributed by atoms with Crippen molar-refractivity contribution in [3.63, 3.8) is 0 Å². The molecule has 1 unspecified atom stereocenters. The highest BCUT2D eigenvalue weighted by Crippen LogP contribution is 2.58. The summed E-state index contributed by atoms with van der Waals surface area (Å²) in [7, 11) is 1.89. The lowest BCUT2D eigenvalue weighted by molar-refractivity contribution is -0.118. The molecule has 1 amide bonds. The molecule has 1 atom stereocenters. The van der Waals surface area contributed by atoms with Crippen LogP contribution in [-0.2, 0) is 11.8 Å². The first-order valence-electron chi connectivity index (χ1n) is 8.71. The van der Waals surface area contributed by atoms with Crippen molar-refractivity contribution in [2.24, 2.45) is 18.4 Å². The second-order valence-corrected chi connectivity index (χ2v) is 7.17. The number of aromatic nitrogens is 2. The number of hydrogen-bond acceptors (Lipinski definition) is 3. The van der Waals surface area contributed by atoms with Crippen LogP contribution in [0.1, 0.15) is 24.8 Å². The normalized spacial score (nSPS) is 21.7. The van der Waals surface area contributed by atoms with Gasteiger partial charge in [-0.15, -0.1) is 0 Å². The Morgan fingerprint density at radius 1 is 1.29 bits per heavy atom. The summed E-state index contributed by atoms with van der Waals surface area (Å²) in [4.78, 5) is 12.7. The summed E-state index contributed by atoms with van der Waals surface area (Å²) in [5.41, 5.74) is 3.29. The van der Waals surface area contributed by atoms with E-state index in [0.29, 0.717) is 0 Å². The molecule has 2 heterocycles. The summed E-state index contributed by atoms with van der Waals surface area (Å²) in [6, 6.07) is 10.1. The second-order valence-electron chi connectivity index (χ2n) is 7.17. The summed E-state index contributed by atoms with van der Waals surface area (Å²) in [6.45, 7) is 4.09. The molecule has 0 bridgehead atoms. The zero-order valence-corrected chi connectivity index (χ0v) is 14.3. The van der Waals surface area contributed by atoms with E-state index in [9.17, 15) is 4.79 Å². The van der Waals surface area contributed by atoms with Crippen LogP contribution in [0, 0.1) is 18.3 Å². The van der Waals surface area contributed by atoms with Gasteiger partial charge < -0.3 is 10.6 Å². The molecule has 1 aromatic heterocycles. The van der Waals surface area contributed by atoms with Crippen molar-refractivity contribution in [1.29, 1.82) is 0 Å². The van der Waals surface area contributed by atoms with Crippen LogP contribution in [0.4, 0.5) is 5.82 Å². The molecule has 126 valence electrons. The molecule has 1 saturated heterocycles. The van der Waals surface area contributed by atoms with E-state index < -0.39 is 0 Å². The second kappa shape index (κ2) is 5.74. The van der Waals surface area contributed by atoms with Gasteiger partial charge in [-0.25, -0.2) is 0 Å². The number of benzene rings is 1. The number of nitrogens with zero attached hydrogens (tertiary/aromatic N) is 2. The van der Waals surface area contributed by atoms with Gasteiger partial charge >= 0.3 is 0 Å². The Labute approximate surface area is 142 Å². The first-order chi connectivity index (χ1) is 11.6. The molecule has 1 aromatic carbocycles. The Morgan fingerprint density at radius 3 is 2.71 bits per heavy atom. The molecule has 5 nitrogen and oxygen atoms in total. The topological polar surface area (TPSA) is 59.0 Å². The number of aryl methyl sites for hydroxylation is 1. The molecular weight excluding hydrogens is 300 g/mol. The van der Waals surface area contributed by atoms with Crippen LogP contribution < -0.4 is 10.6 Å². The van der Waals surface area contributed by atoms with Crippen molar-refractivity contribution in [3.05, 3.63) is 35.9 Å². The number of nitrogens with one attached hydrogen (secondary N) is 2. The molecule has 1 saturated carbocycles. The maximum atomic E-state index is 12.7. The minimum atomic E-state index is 0.155. The van der Waals surface area contributed by atoms with Crippen LogP contribution in [0.5, 0.6) is 0 Å². The fourth-order valence-electron chi connectivity index (χ4n) is 4.07. The van der Waals surface area contributed by atoms with Gasteiger partial charge in [-0.05, 0) is 44.7 Å². The molecule has 2 N–H and O–H groups in total. The standard InChI is InChI=1S/C19H24N4O/c1-13-16(14-6-4-3-5-7-14)22-23(2)17(13)21-18(24)15-12-19(15)8-10-20-11-9-19/h3-7,15,20H,8-12H2,1-2H3,(H,21,24). The lowest BCUT2D eigenvalue weighted by atomic mass is 9.92. The van der Waals surface area contributed by atoms with E-state index in [1.807, 2.05) is 44.3 Å². The van der Waals surface area contributed by atoms with Crippen molar-refractivity contribution in [1.82, 2.24) is 15.1 Å². The third-order valence-corrected chi connectivity index (χ3v) is 5.68. The number of rotatable bonds is 3. The molecule has 0 radical (unpaired) electrons. The van der Waals surface area contributed by atoms with Gasteiger partial charge in [0.1, 0.15) is 5.82 Å². The number of anilines is 1. The maximum absolute atomic E-state index is 12.7. The van der Waals surface area contributed by atoms with Crippen molar-refractivity contribution < 1.29 is 4.79 Å². The highest BCUT2D eigenvalue weighted by atomic mass is 16.2. The number of carbonyl (C=O) groups is 1. The zero-order valence-electron chi connectivity index (χ0n) is 14.3. The van der Waals surface area contributed by atoms with Gasteiger partial charge in [0.2, 0.25) is 5.91 Å². The molecule has 24 heavy (non-hydrogen) atoms. The lowest BCUT2D eigenvalue weighted by Crippen LogP contribution is -2.31. The molecule has 2 aliphatic rings. The molecule has 2 fully saturated rings. The Hall–Kier alpha value is -2.14. The molecule has 1 aliphatic heterocycles. The van der Waals surface area contributed by atoms with Gasteiger partial charge in [-0.2, -0.15) is 5.10 Å². The van der Waals surface area contributed by atoms with Gasteiger partial charge in [0.25, 0.3) is 0 Å². The third kappa shape index (κ3) is 2.53. The number of carbonyl (C=O) groups excluding carboxylic acids is 1. The lowest BCUT2D eigenvalue weighted by Gasteiger charge is -2.23. The Kier molecular flexibility index (Phi) is 3.68. The number of amides is 1. The highest BCUT2D eigenvalue weighted by molar-refractivity contribution is 5.95. The third-order valence-electron chi connectivity index (χ3n) is 5.68. The quantitative estimate of drug-likeness (QED) is 0.913. The predicted molar refractivity (Wildman–Crippen MR) is 94.7 cm³/mol. The molecular formula is C19H24N4O. The predicted octanol–water partition coefficient (Wildman–Crippen LogP) is 2.72. The van der Waals surface area contributed by atoms with Gasteiger partial charge in [-0.1, -0.05) is 30.3 Å². The van der Waals surface area contributed by atoms with E-state index in [1.165, 1.54) is 0 Å². The van der Waals surface area contributed by atoms with Crippen LogP contribution in [0.2, 0.25) is 0 Å². The van der Waals surface area contributed by atoms with Gasteiger partial charge in [0, 0.05) is 24.1 Å². The van der Waals surface area contributed by atoms with Gasteiger partial charge in [-0.3, -0.25) is 9.48 Å². The summed E-state index contributed by atoms with van der Waals surface area (Å²) in [6.07, 6.45) is 3.26. The number of piperidine rings is 1. The van der Waals surface area contributed by atoms with Crippen LogP contribution in [0.15, 0.2) is 30.3 Å². The van der Waals surface area contributed by atoms with Crippen LogP contribution in [-0.4, -0.2) is 28.8 Å². The first kappa shape index (κ1) is 15.4. The SMILES string of the molecule is Cc1c(-c2ccccc2)nn(C)c1NC(=O)C1CC12CCNCC2. The van der Waals surface area contributed by atoms with Gasteiger partial charge in [0.15, 0.2) is 0 Å². The summed E-state index contributed by atoms with van der Waals surface area (Å²) in [5, 5.41) is 11.1. The van der Waals surface area contributed by atoms with E-state index in [-0.39, 0.29) is 17.2 Å². The molecule has 1 aliphatic carbocycles. The van der Waals surface area contributed by atoms with Gasteiger partial charge in [0.05, 0.1) is 5.69 Å². The fraction of sp³-hybridized carbons (Fsp3) is 0.474. The van der Waals surface area contributed by atoms with E-state index >= 15 is 0 Å². The van der Waals surface area contributed by atoms with Crippen molar-refractivity contribution in [3.8, 4) is 11.3 Å². The van der Waals surface area contributed by atoms with Crippen LogP contribution in [0.3, 0.4) is 0 Å². The van der Waals surface area contributed by atoms with Crippen molar-refractivity contribution in [2.75, 3.05) is 18.4 Å². The Morgan fingerprint density at radius 2 is 2.00 bits per heavy atom. The monoisotopic (exact) mass is 324 g/mol. The Bertz CT molecular complexity index is 759. The van der Waals surface area contributed by atoms with Crippen molar-refractivity contribution in [2.45, 2.75) is 26.2 Å². The maximum Gasteiger partial charge on any atom is 0.229 e. The molecule has 2 aromatic rings. The fourth-order valence-corrected chi connectivity index (χ4v) is 4.07. The van der Waals surface area contributed by atoms with E-state index in [1.54, 1.807) is 4.68 Å². The molecule has 5 heteroatoms.